The molecule has 3 nitrogen and oxygen atoms in total. The molecule has 0 aromatic heterocycles. The fraction of sp³-hybridized carbons (Fsp3) is 0.364. The van der Waals surface area contributed by atoms with Crippen LogP contribution < -0.4 is 5.32 Å². The van der Waals surface area contributed by atoms with Gasteiger partial charge in [0.15, 0.2) is 0 Å². The Morgan fingerprint density at radius 3 is 2.93 bits per heavy atom. The summed E-state index contributed by atoms with van der Waals surface area (Å²) in [7, 11) is 0. The normalized spacial score (nSPS) is 15.7. The number of hydrogen-bond acceptors (Lipinski definition) is 3. The van der Waals surface area contributed by atoms with Crippen molar-refractivity contribution < 1.29 is 4.74 Å². The second-order valence-electron chi connectivity index (χ2n) is 3.50. The van der Waals surface area contributed by atoms with Crippen LogP contribution in [0.5, 0.6) is 0 Å². The molecule has 0 amide bonds. The fourth-order valence-electron chi connectivity index (χ4n) is 1.37. The van der Waals surface area contributed by atoms with Crippen molar-refractivity contribution in [3.05, 3.63) is 33.8 Å². The summed E-state index contributed by atoms with van der Waals surface area (Å²) < 4.78 is 6.54. The lowest BCUT2D eigenvalue weighted by Gasteiger charge is -2.27. The number of hydrogen-bond donors (Lipinski definition) is 1. The molecule has 0 aliphatic carbocycles. The number of ether oxygens (including phenoxy) is 1. The van der Waals surface area contributed by atoms with E-state index >= 15 is 0 Å². The number of rotatable bonds is 3. The van der Waals surface area contributed by atoms with E-state index < -0.39 is 0 Å². The van der Waals surface area contributed by atoms with Gasteiger partial charge in [-0.1, -0.05) is 22.0 Å². The summed E-state index contributed by atoms with van der Waals surface area (Å²) in [5, 5.41) is 12.1. The van der Waals surface area contributed by atoms with E-state index in [0.29, 0.717) is 18.3 Å². The van der Waals surface area contributed by atoms with E-state index in [4.69, 9.17) is 10.00 Å². The van der Waals surface area contributed by atoms with Crippen LogP contribution in [0.4, 0.5) is 0 Å². The molecule has 0 atom stereocenters. The van der Waals surface area contributed by atoms with Crippen LogP contribution in [0.15, 0.2) is 22.7 Å². The molecule has 15 heavy (non-hydrogen) atoms. The molecule has 1 fully saturated rings. The van der Waals surface area contributed by atoms with E-state index in [0.717, 1.165) is 23.1 Å². The van der Waals surface area contributed by atoms with Crippen molar-refractivity contribution in [2.24, 2.45) is 0 Å². The largest absolute Gasteiger partial charge is 0.371 e. The van der Waals surface area contributed by atoms with Gasteiger partial charge in [-0.15, -0.1) is 0 Å². The highest BCUT2D eigenvalue weighted by atomic mass is 79.9. The van der Waals surface area contributed by atoms with Gasteiger partial charge in [0, 0.05) is 17.6 Å². The SMILES string of the molecule is N#Cc1cc(Br)ccc1COC1CNC1. The van der Waals surface area contributed by atoms with Crippen LogP contribution >= 0.6 is 15.9 Å². The summed E-state index contributed by atoms with van der Waals surface area (Å²) in [4.78, 5) is 0. The van der Waals surface area contributed by atoms with Crippen LogP contribution in [0.3, 0.4) is 0 Å². The van der Waals surface area contributed by atoms with Crippen LogP contribution in [0, 0.1) is 11.3 Å². The minimum atomic E-state index is 0.306. The van der Waals surface area contributed by atoms with Gasteiger partial charge in [-0.05, 0) is 17.7 Å². The predicted molar refractivity (Wildman–Crippen MR) is 60.3 cm³/mol. The molecule has 1 aliphatic heterocycles. The average molecular weight is 267 g/mol. The summed E-state index contributed by atoms with van der Waals surface area (Å²) in [6.07, 6.45) is 0.306. The van der Waals surface area contributed by atoms with Crippen LogP contribution in [-0.4, -0.2) is 19.2 Å². The van der Waals surface area contributed by atoms with Gasteiger partial charge in [0.1, 0.15) is 0 Å². The van der Waals surface area contributed by atoms with Crippen molar-refractivity contribution >= 4 is 15.9 Å². The van der Waals surface area contributed by atoms with Crippen molar-refractivity contribution in [2.45, 2.75) is 12.7 Å². The zero-order chi connectivity index (χ0) is 10.7. The van der Waals surface area contributed by atoms with Gasteiger partial charge in [0.05, 0.1) is 24.3 Å². The zero-order valence-electron chi connectivity index (χ0n) is 8.16. The van der Waals surface area contributed by atoms with Crippen LogP contribution in [-0.2, 0) is 11.3 Å². The van der Waals surface area contributed by atoms with E-state index in [-0.39, 0.29) is 0 Å². The predicted octanol–water partition coefficient (Wildman–Crippen LogP) is 1.81. The average Bonchev–Trinajstić information content (AvgIpc) is 2.17. The number of nitriles is 1. The number of nitrogens with zero attached hydrogens (tertiary/aromatic N) is 1. The molecule has 1 heterocycles. The third-order valence-corrected chi connectivity index (χ3v) is 2.90. The monoisotopic (exact) mass is 266 g/mol. The van der Waals surface area contributed by atoms with Crippen LogP contribution in [0.2, 0.25) is 0 Å². The van der Waals surface area contributed by atoms with E-state index in [1.807, 2.05) is 18.2 Å². The number of halogens is 1. The highest BCUT2D eigenvalue weighted by Crippen LogP contribution is 2.17. The Morgan fingerprint density at radius 1 is 1.53 bits per heavy atom. The van der Waals surface area contributed by atoms with Gasteiger partial charge < -0.3 is 10.1 Å². The molecule has 1 aliphatic rings. The quantitative estimate of drug-likeness (QED) is 0.908. The van der Waals surface area contributed by atoms with Gasteiger partial charge in [0.25, 0.3) is 0 Å². The lowest BCUT2D eigenvalue weighted by molar-refractivity contribution is 0.00749. The van der Waals surface area contributed by atoms with E-state index in [2.05, 4.69) is 27.3 Å². The zero-order valence-corrected chi connectivity index (χ0v) is 9.75. The molecule has 0 saturated carbocycles. The fourth-order valence-corrected chi connectivity index (χ4v) is 1.73. The molecule has 0 unspecified atom stereocenters. The second-order valence-corrected chi connectivity index (χ2v) is 4.42. The van der Waals surface area contributed by atoms with Crippen molar-refractivity contribution in [3.8, 4) is 6.07 Å². The maximum absolute atomic E-state index is 8.94. The first-order valence-corrected chi connectivity index (χ1v) is 5.60. The molecule has 0 spiro atoms. The molecular formula is C11H11BrN2O. The number of nitrogens with one attached hydrogen (secondary N) is 1. The Balaban J connectivity index is 2.03. The van der Waals surface area contributed by atoms with Crippen LogP contribution in [0.25, 0.3) is 0 Å². The smallest absolute Gasteiger partial charge is 0.0995 e. The van der Waals surface area contributed by atoms with E-state index in [1.54, 1.807) is 0 Å². The summed E-state index contributed by atoms with van der Waals surface area (Å²) in [6.45, 7) is 2.35. The van der Waals surface area contributed by atoms with E-state index in [1.165, 1.54) is 0 Å². The third kappa shape index (κ3) is 2.57. The van der Waals surface area contributed by atoms with Gasteiger partial charge in [-0.25, -0.2) is 0 Å². The molecule has 0 radical (unpaired) electrons. The Morgan fingerprint density at radius 2 is 2.33 bits per heavy atom. The van der Waals surface area contributed by atoms with Gasteiger partial charge >= 0.3 is 0 Å². The lowest BCUT2D eigenvalue weighted by Crippen LogP contribution is -2.48. The highest BCUT2D eigenvalue weighted by molar-refractivity contribution is 9.10. The number of benzene rings is 1. The standard InChI is InChI=1S/C11H11BrN2O/c12-10-2-1-8(9(3-10)4-13)7-15-11-5-14-6-11/h1-3,11,14H,5-7H2. The van der Waals surface area contributed by atoms with Gasteiger partial charge in [0.2, 0.25) is 0 Å². The Bertz CT molecular complexity index is 396. The molecule has 78 valence electrons. The third-order valence-electron chi connectivity index (χ3n) is 2.41. The Hall–Kier alpha value is -0.890. The summed E-state index contributed by atoms with van der Waals surface area (Å²) >= 11 is 3.34. The maximum atomic E-state index is 8.94. The summed E-state index contributed by atoms with van der Waals surface area (Å²) in [6, 6.07) is 7.84. The summed E-state index contributed by atoms with van der Waals surface area (Å²) in [5.74, 6) is 0. The van der Waals surface area contributed by atoms with Crippen LogP contribution in [0.1, 0.15) is 11.1 Å². The first kappa shape index (κ1) is 10.6. The van der Waals surface area contributed by atoms with Crippen molar-refractivity contribution in [3.63, 3.8) is 0 Å². The molecule has 1 N–H and O–H groups in total. The Labute approximate surface area is 97.2 Å². The molecule has 1 saturated heterocycles. The molecule has 1 aromatic rings. The van der Waals surface area contributed by atoms with Crippen molar-refractivity contribution in [2.75, 3.05) is 13.1 Å². The van der Waals surface area contributed by atoms with Crippen molar-refractivity contribution in [1.82, 2.24) is 5.32 Å². The lowest BCUT2D eigenvalue weighted by atomic mass is 10.1. The topological polar surface area (TPSA) is 45.0 Å². The van der Waals surface area contributed by atoms with E-state index in [9.17, 15) is 0 Å². The summed E-state index contributed by atoms with van der Waals surface area (Å²) in [5.41, 5.74) is 1.63. The minimum Gasteiger partial charge on any atom is -0.371 e. The molecular weight excluding hydrogens is 256 g/mol. The first-order chi connectivity index (χ1) is 7.29. The minimum absolute atomic E-state index is 0.306. The first-order valence-electron chi connectivity index (χ1n) is 4.80. The van der Waals surface area contributed by atoms with Crippen molar-refractivity contribution in [1.29, 1.82) is 5.26 Å². The molecule has 0 bridgehead atoms. The van der Waals surface area contributed by atoms with Gasteiger partial charge in [-0.3, -0.25) is 0 Å². The molecule has 4 heteroatoms. The maximum Gasteiger partial charge on any atom is 0.0995 e. The Kier molecular flexibility index (Phi) is 3.37. The molecule has 2 rings (SSSR count). The second kappa shape index (κ2) is 4.75. The van der Waals surface area contributed by atoms with Gasteiger partial charge in [-0.2, -0.15) is 5.26 Å². The molecule has 1 aromatic carbocycles. The highest BCUT2D eigenvalue weighted by Gasteiger charge is 2.17.